The molecule has 0 atom stereocenters. The molecule has 4 nitrogen and oxygen atoms in total. The Labute approximate surface area is 170 Å². The Morgan fingerprint density at radius 3 is 2.39 bits per heavy atom. The smallest absolute Gasteiger partial charge is 0.248 e. The van der Waals surface area contributed by atoms with E-state index in [1.165, 1.54) is 25.7 Å². The van der Waals surface area contributed by atoms with Crippen LogP contribution in [0.2, 0.25) is 0 Å². The van der Waals surface area contributed by atoms with E-state index >= 15 is 0 Å². The molecule has 2 rings (SSSR count). The van der Waals surface area contributed by atoms with Crippen molar-refractivity contribution in [3.05, 3.63) is 41.5 Å². The molecule has 2 N–H and O–H groups in total. The maximum Gasteiger partial charge on any atom is 0.248 e. The summed E-state index contributed by atoms with van der Waals surface area (Å²) in [6, 6.07) is 7.72. The Balaban J connectivity index is 1.78. The molecule has 4 heteroatoms. The van der Waals surface area contributed by atoms with E-state index in [2.05, 4.69) is 31.4 Å². The average molecular weight is 385 g/mol. The van der Waals surface area contributed by atoms with Crippen molar-refractivity contribution in [3.8, 4) is 0 Å². The molecular formula is C24H36N2O2. The molecule has 28 heavy (non-hydrogen) atoms. The number of carbonyl (C=O) groups excluding carboxylic acids is 2. The van der Waals surface area contributed by atoms with Gasteiger partial charge in [0.15, 0.2) is 5.78 Å². The summed E-state index contributed by atoms with van der Waals surface area (Å²) in [4.78, 5) is 24.4. The van der Waals surface area contributed by atoms with E-state index in [0.29, 0.717) is 35.7 Å². The molecule has 1 aromatic carbocycles. The summed E-state index contributed by atoms with van der Waals surface area (Å²) in [6.07, 6.45) is 6.95. The van der Waals surface area contributed by atoms with E-state index < -0.39 is 0 Å². The van der Waals surface area contributed by atoms with E-state index in [4.69, 9.17) is 0 Å². The fraction of sp³-hybridized carbons (Fsp3) is 0.583. The number of Topliss-reactive ketones (excluding diaryl/α,β-unsaturated/α-hetero) is 1. The molecular weight excluding hydrogens is 348 g/mol. The zero-order valence-corrected chi connectivity index (χ0v) is 18.1. The third kappa shape index (κ3) is 7.23. The van der Waals surface area contributed by atoms with Gasteiger partial charge in [0.2, 0.25) is 5.91 Å². The predicted molar refractivity (Wildman–Crippen MR) is 117 cm³/mol. The molecule has 1 amide bonds. The second kappa shape index (κ2) is 10.0. The molecule has 0 radical (unpaired) electrons. The van der Waals surface area contributed by atoms with Crippen LogP contribution >= 0.6 is 0 Å². The van der Waals surface area contributed by atoms with Crippen LogP contribution in [-0.4, -0.2) is 24.3 Å². The maximum atomic E-state index is 12.5. The first-order chi connectivity index (χ1) is 13.1. The van der Waals surface area contributed by atoms with Crippen molar-refractivity contribution in [1.82, 2.24) is 5.32 Å². The first-order valence-corrected chi connectivity index (χ1v) is 10.5. The van der Waals surface area contributed by atoms with Crippen molar-refractivity contribution < 1.29 is 9.59 Å². The molecule has 154 valence electrons. The van der Waals surface area contributed by atoms with Crippen LogP contribution in [0.1, 0.15) is 77.1 Å². The van der Waals surface area contributed by atoms with Crippen LogP contribution < -0.4 is 10.6 Å². The molecule has 1 aliphatic carbocycles. The third-order valence-corrected chi connectivity index (χ3v) is 5.61. The molecule has 0 unspecified atom stereocenters. The standard InChI is InChI=1S/C24H36N2O2/c1-17(2)15-23(28)26-21-8-6-7-18(16-21)22(27)13-14-25-20-11-9-19(10-12-20)24(3,4)5/h6-8,15-16,19-20,25H,9-14H2,1-5H3,(H,26,28). The topological polar surface area (TPSA) is 58.2 Å². The lowest BCUT2D eigenvalue weighted by Crippen LogP contribution is -2.37. The second-order valence-electron chi connectivity index (χ2n) is 9.33. The highest BCUT2D eigenvalue weighted by Gasteiger charge is 2.29. The Kier molecular flexibility index (Phi) is 7.99. The van der Waals surface area contributed by atoms with Crippen molar-refractivity contribution in [2.45, 2.75) is 72.8 Å². The molecule has 0 aliphatic heterocycles. The Bertz CT molecular complexity index is 704. The van der Waals surface area contributed by atoms with E-state index in [1.807, 2.05) is 26.0 Å². The minimum atomic E-state index is -0.169. The van der Waals surface area contributed by atoms with Gasteiger partial charge in [-0.15, -0.1) is 0 Å². The molecule has 0 saturated heterocycles. The Morgan fingerprint density at radius 1 is 1.11 bits per heavy atom. The van der Waals surface area contributed by atoms with Crippen molar-refractivity contribution in [3.63, 3.8) is 0 Å². The molecule has 1 fully saturated rings. The average Bonchev–Trinajstić information content (AvgIpc) is 2.60. The summed E-state index contributed by atoms with van der Waals surface area (Å²) in [5.74, 6) is 0.739. The molecule has 1 saturated carbocycles. The minimum Gasteiger partial charge on any atom is -0.322 e. The third-order valence-electron chi connectivity index (χ3n) is 5.61. The van der Waals surface area contributed by atoms with E-state index in [-0.39, 0.29) is 11.7 Å². The summed E-state index contributed by atoms with van der Waals surface area (Å²) in [6.45, 7) is 11.5. The van der Waals surface area contributed by atoms with Gasteiger partial charge in [-0.05, 0) is 63.0 Å². The zero-order valence-electron chi connectivity index (χ0n) is 18.1. The lowest BCUT2D eigenvalue weighted by Gasteiger charge is -2.37. The normalized spacial score (nSPS) is 19.8. The summed E-state index contributed by atoms with van der Waals surface area (Å²) < 4.78 is 0. The van der Waals surface area contributed by atoms with Gasteiger partial charge >= 0.3 is 0 Å². The van der Waals surface area contributed by atoms with Gasteiger partial charge in [0.1, 0.15) is 0 Å². The summed E-state index contributed by atoms with van der Waals surface area (Å²) >= 11 is 0. The summed E-state index contributed by atoms with van der Waals surface area (Å²) in [5.41, 5.74) is 2.63. The Hall–Kier alpha value is -1.94. The fourth-order valence-corrected chi connectivity index (χ4v) is 3.91. The number of carbonyl (C=O) groups is 2. The molecule has 0 heterocycles. The highest BCUT2D eigenvalue weighted by Crippen LogP contribution is 2.37. The molecule has 0 bridgehead atoms. The first-order valence-electron chi connectivity index (χ1n) is 10.5. The quantitative estimate of drug-likeness (QED) is 0.491. The lowest BCUT2D eigenvalue weighted by atomic mass is 9.71. The van der Waals surface area contributed by atoms with E-state index in [0.717, 1.165) is 11.5 Å². The summed E-state index contributed by atoms with van der Waals surface area (Å²) in [7, 11) is 0. The number of amides is 1. The number of hydrogen-bond acceptors (Lipinski definition) is 3. The first kappa shape index (κ1) is 22.4. The van der Waals surface area contributed by atoms with Crippen LogP contribution in [-0.2, 0) is 4.79 Å². The van der Waals surface area contributed by atoms with Gasteiger partial charge in [0.05, 0.1) is 0 Å². The number of hydrogen-bond donors (Lipinski definition) is 2. The van der Waals surface area contributed by atoms with Crippen molar-refractivity contribution in [2.24, 2.45) is 11.3 Å². The SMILES string of the molecule is CC(C)=CC(=O)Nc1cccc(C(=O)CCNC2CCC(C(C)(C)C)CC2)c1. The van der Waals surface area contributed by atoms with Gasteiger partial charge in [0.25, 0.3) is 0 Å². The van der Waals surface area contributed by atoms with Crippen LogP contribution in [0.4, 0.5) is 5.69 Å². The monoisotopic (exact) mass is 384 g/mol. The maximum absolute atomic E-state index is 12.5. The van der Waals surface area contributed by atoms with Gasteiger partial charge < -0.3 is 10.6 Å². The summed E-state index contributed by atoms with van der Waals surface area (Å²) in [5, 5.41) is 6.37. The highest BCUT2D eigenvalue weighted by molar-refractivity contribution is 6.01. The lowest BCUT2D eigenvalue weighted by molar-refractivity contribution is -0.111. The van der Waals surface area contributed by atoms with Crippen LogP contribution in [0.15, 0.2) is 35.9 Å². The number of anilines is 1. The van der Waals surface area contributed by atoms with Crippen molar-refractivity contribution in [2.75, 3.05) is 11.9 Å². The van der Waals surface area contributed by atoms with E-state index in [9.17, 15) is 9.59 Å². The molecule has 1 aromatic rings. The van der Waals surface area contributed by atoms with Gasteiger partial charge in [-0.25, -0.2) is 0 Å². The number of allylic oxidation sites excluding steroid dienone is 1. The highest BCUT2D eigenvalue weighted by atomic mass is 16.1. The van der Waals surface area contributed by atoms with Gasteiger partial charge in [0, 0.05) is 36.3 Å². The van der Waals surface area contributed by atoms with E-state index in [1.54, 1.807) is 18.2 Å². The van der Waals surface area contributed by atoms with Crippen LogP contribution in [0.25, 0.3) is 0 Å². The van der Waals surface area contributed by atoms with Crippen LogP contribution in [0.3, 0.4) is 0 Å². The number of benzene rings is 1. The minimum absolute atomic E-state index is 0.106. The second-order valence-corrected chi connectivity index (χ2v) is 9.33. The largest absolute Gasteiger partial charge is 0.322 e. The molecule has 1 aliphatic rings. The van der Waals surface area contributed by atoms with Crippen LogP contribution in [0.5, 0.6) is 0 Å². The van der Waals surface area contributed by atoms with Gasteiger partial charge in [-0.1, -0.05) is 38.5 Å². The number of rotatable bonds is 7. The van der Waals surface area contributed by atoms with Gasteiger partial charge in [-0.3, -0.25) is 9.59 Å². The van der Waals surface area contributed by atoms with Crippen molar-refractivity contribution >= 4 is 17.4 Å². The fourth-order valence-electron chi connectivity index (χ4n) is 3.91. The number of ketones is 1. The molecule has 0 spiro atoms. The number of nitrogens with one attached hydrogen (secondary N) is 2. The van der Waals surface area contributed by atoms with Crippen LogP contribution in [0, 0.1) is 11.3 Å². The predicted octanol–water partition coefficient (Wildman–Crippen LogP) is 5.36. The van der Waals surface area contributed by atoms with Crippen molar-refractivity contribution in [1.29, 1.82) is 0 Å². The Morgan fingerprint density at radius 2 is 1.79 bits per heavy atom. The molecule has 0 aromatic heterocycles. The zero-order chi connectivity index (χ0) is 20.7. The van der Waals surface area contributed by atoms with Gasteiger partial charge in [-0.2, -0.15) is 0 Å².